The van der Waals surface area contributed by atoms with E-state index in [4.69, 9.17) is 9.47 Å². The van der Waals surface area contributed by atoms with E-state index in [2.05, 4.69) is 5.32 Å². The number of para-hydroxylation sites is 2. The van der Waals surface area contributed by atoms with Crippen LogP contribution in [-0.4, -0.2) is 24.1 Å². The van der Waals surface area contributed by atoms with Gasteiger partial charge in [-0.25, -0.2) is 4.79 Å². The van der Waals surface area contributed by atoms with Crippen molar-refractivity contribution in [2.45, 2.75) is 12.1 Å². The highest BCUT2D eigenvalue weighted by atomic mass is 16.6. The first-order valence-electron chi connectivity index (χ1n) is 7.61. The van der Waals surface area contributed by atoms with E-state index >= 15 is 0 Å². The number of anilines is 1. The van der Waals surface area contributed by atoms with Crippen LogP contribution in [0.1, 0.15) is 11.6 Å². The maximum Gasteiger partial charge on any atom is 0.331 e. The van der Waals surface area contributed by atoms with Gasteiger partial charge in [0.25, 0.3) is 5.69 Å². The molecule has 128 valence electrons. The standard InChI is InChI=1S/C18H16N2O5/c1-24-15-5-3-2-4-14(15)19-18(16-10-11-17(21)25-16)12-6-8-13(9-7-12)20(22)23/h2-11,16,18-19H,1H3/t16-,18+/m1/s1. The topological polar surface area (TPSA) is 90.7 Å². The van der Waals surface area contributed by atoms with Crippen LogP contribution in [0.5, 0.6) is 5.75 Å². The van der Waals surface area contributed by atoms with Gasteiger partial charge < -0.3 is 14.8 Å². The quantitative estimate of drug-likeness (QED) is 0.493. The summed E-state index contributed by atoms with van der Waals surface area (Å²) in [6.45, 7) is 0. The summed E-state index contributed by atoms with van der Waals surface area (Å²) < 4.78 is 10.7. The van der Waals surface area contributed by atoms with E-state index in [9.17, 15) is 14.9 Å². The normalized spacial score (nSPS) is 17.0. The number of methoxy groups -OCH3 is 1. The fourth-order valence-electron chi connectivity index (χ4n) is 2.66. The Bertz CT molecular complexity index is 816. The van der Waals surface area contributed by atoms with Gasteiger partial charge in [0.2, 0.25) is 0 Å². The number of rotatable bonds is 6. The van der Waals surface area contributed by atoms with Gasteiger partial charge in [0.1, 0.15) is 11.9 Å². The lowest BCUT2D eigenvalue weighted by molar-refractivity contribution is -0.384. The number of benzene rings is 2. The number of cyclic esters (lactones) is 1. The highest BCUT2D eigenvalue weighted by Gasteiger charge is 2.29. The second-order valence-corrected chi connectivity index (χ2v) is 5.43. The van der Waals surface area contributed by atoms with E-state index in [1.165, 1.54) is 18.2 Å². The van der Waals surface area contributed by atoms with Gasteiger partial charge in [0, 0.05) is 18.2 Å². The number of hydrogen-bond donors (Lipinski definition) is 1. The maximum atomic E-state index is 11.5. The highest BCUT2D eigenvalue weighted by molar-refractivity contribution is 5.84. The summed E-state index contributed by atoms with van der Waals surface area (Å²) in [4.78, 5) is 21.8. The first-order valence-corrected chi connectivity index (χ1v) is 7.61. The summed E-state index contributed by atoms with van der Waals surface area (Å²) in [6, 6.07) is 13.1. The molecule has 2 aromatic carbocycles. The minimum absolute atomic E-state index is 0.00116. The second kappa shape index (κ2) is 7.04. The molecule has 3 rings (SSSR count). The molecule has 1 heterocycles. The zero-order valence-electron chi connectivity index (χ0n) is 13.4. The Morgan fingerprint density at radius 3 is 2.52 bits per heavy atom. The SMILES string of the molecule is COc1ccccc1N[C@@H](c1ccc([N+](=O)[O-])cc1)[C@H]1C=CC(=O)O1. The van der Waals surface area contributed by atoms with Gasteiger partial charge in [-0.2, -0.15) is 0 Å². The van der Waals surface area contributed by atoms with Crippen molar-refractivity contribution in [3.05, 3.63) is 76.4 Å². The summed E-state index contributed by atoms with van der Waals surface area (Å²) in [5.41, 5.74) is 1.48. The van der Waals surface area contributed by atoms with Gasteiger partial charge in [-0.3, -0.25) is 10.1 Å². The van der Waals surface area contributed by atoms with Gasteiger partial charge >= 0.3 is 5.97 Å². The molecule has 0 aromatic heterocycles. The van der Waals surface area contributed by atoms with E-state index in [0.29, 0.717) is 5.75 Å². The van der Waals surface area contributed by atoms with E-state index < -0.39 is 23.0 Å². The summed E-state index contributed by atoms with van der Waals surface area (Å²) in [6.07, 6.45) is 2.50. The average molecular weight is 340 g/mol. The van der Waals surface area contributed by atoms with Gasteiger partial charge in [-0.15, -0.1) is 0 Å². The fraction of sp³-hybridized carbons (Fsp3) is 0.167. The summed E-state index contributed by atoms with van der Waals surface area (Å²) in [7, 11) is 1.57. The number of hydrogen-bond acceptors (Lipinski definition) is 6. The molecule has 7 nitrogen and oxygen atoms in total. The third-order valence-electron chi connectivity index (χ3n) is 3.88. The molecule has 1 aliphatic rings. The molecule has 25 heavy (non-hydrogen) atoms. The third-order valence-corrected chi connectivity index (χ3v) is 3.88. The molecule has 1 N–H and O–H groups in total. The van der Waals surface area contributed by atoms with Gasteiger partial charge in [-0.05, 0) is 35.9 Å². The summed E-state index contributed by atoms with van der Waals surface area (Å²) in [5.74, 6) is 0.224. The molecule has 0 spiro atoms. The predicted octanol–water partition coefficient (Wildman–Crippen LogP) is 3.24. The van der Waals surface area contributed by atoms with Gasteiger partial charge in [0.05, 0.1) is 23.8 Å². The van der Waals surface area contributed by atoms with E-state index in [0.717, 1.165) is 11.3 Å². The molecule has 0 bridgehead atoms. The van der Waals surface area contributed by atoms with Crippen molar-refractivity contribution >= 4 is 17.3 Å². The first-order chi connectivity index (χ1) is 12.1. The largest absolute Gasteiger partial charge is 0.495 e. The van der Waals surface area contributed by atoms with E-state index in [1.807, 2.05) is 24.3 Å². The number of nitro benzene ring substituents is 1. The van der Waals surface area contributed by atoms with Gasteiger partial charge in [0.15, 0.2) is 0 Å². The van der Waals surface area contributed by atoms with E-state index in [-0.39, 0.29) is 5.69 Å². The number of esters is 1. The van der Waals surface area contributed by atoms with Crippen LogP contribution in [0.2, 0.25) is 0 Å². The molecule has 2 aromatic rings. The number of nitrogens with one attached hydrogen (secondary N) is 1. The minimum Gasteiger partial charge on any atom is -0.495 e. The second-order valence-electron chi connectivity index (χ2n) is 5.43. The first kappa shape index (κ1) is 16.5. The van der Waals surface area contributed by atoms with Crippen molar-refractivity contribution < 1.29 is 19.2 Å². The molecule has 0 saturated carbocycles. The van der Waals surface area contributed by atoms with Crippen LogP contribution in [0, 0.1) is 10.1 Å². The molecule has 7 heteroatoms. The van der Waals surface area contributed by atoms with E-state index in [1.54, 1.807) is 25.3 Å². The molecule has 0 radical (unpaired) electrons. The Hall–Kier alpha value is -3.35. The Kier molecular flexibility index (Phi) is 4.65. The molecule has 0 unspecified atom stereocenters. The Morgan fingerprint density at radius 1 is 1.20 bits per heavy atom. The van der Waals surface area contributed by atoms with Crippen molar-refractivity contribution in [3.8, 4) is 5.75 Å². The minimum atomic E-state index is -0.529. The zero-order valence-corrected chi connectivity index (χ0v) is 13.4. The van der Waals surface area contributed by atoms with Crippen LogP contribution in [0.25, 0.3) is 0 Å². The van der Waals surface area contributed by atoms with Crippen molar-refractivity contribution in [1.29, 1.82) is 0 Å². The smallest absolute Gasteiger partial charge is 0.331 e. The number of carbonyl (C=O) groups excluding carboxylic acids is 1. The van der Waals surface area contributed by atoms with Crippen molar-refractivity contribution in [2.24, 2.45) is 0 Å². The number of ether oxygens (including phenoxy) is 2. The molecule has 1 aliphatic heterocycles. The zero-order chi connectivity index (χ0) is 17.8. The number of carbonyl (C=O) groups is 1. The van der Waals surface area contributed by atoms with Crippen LogP contribution in [0.3, 0.4) is 0 Å². The summed E-state index contributed by atoms with van der Waals surface area (Å²) >= 11 is 0. The monoisotopic (exact) mass is 340 g/mol. The molecular weight excluding hydrogens is 324 g/mol. The van der Waals surface area contributed by atoms with Crippen LogP contribution in [0.4, 0.5) is 11.4 Å². The maximum absolute atomic E-state index is 11.5. The highest BCUT2D eigenvalue weighted by Crippen LogP contribution is 2.32. The van der Waals surface area contributed by atoms with Crippen LogP contribution < -0.4 is 10.1 Å². The van der Waals surface area contributed by atoms with Crippen molar-refractivity contribution in [1.82, 2.24) is 0 Å². The van der Waals surface area contributed by atoms with Crippen LogP contribution >= 0.6 is 0 Å². The Labute approximate surface area is 144 Å². The summed E-state index contributed by atoms with van der Waals surface area (Å²) in [5, 5.41) is 14.2. The molecule has 2 atom stereocenters. The molecule has 0 aliphatic carbocycles. The lowest BCUT2D eigenvalue weighted by Gasteiger charge is -2.25. The lowest BCUT2D eigenvalue weighted by Crippen LogP contribution is -2.25. The average Bonchev–Trinajstić information content (AvgIpc) is 3.06. The molecule has 0 saturated heterocycles. The Balaban J connectivity index is 1.93. The van der Waals surface area contributed by atoms with Gasteiger partial charge in [-0.1, -0.05) is 12.1 Å². The van der Waals surface area contributed by atoms with Crippen LogP contribution in [0.15, 0.2) is 60.7 Å². The lowest BCUT2D eigenvalue weighted by atomic mass is 10.0. The predicted molar refractivity (Wildman–Crippen MR) is 91.5 cm³/mol. The molecule has 0 fully saturated rings. The Morgan fingerprint density at radius 2 is 1.92 bits per heavy atom. The molecular formula is C18H16N2O5. The number of nitro groups is 1. The fourth-order valence-corrected chi connectivity index (χ4v) is 2.66. The number of non-ortho nitro benzene ring substituents is 1. The van der Waals surface area contributed by atoms with Crippen LogP contribution in [-0.2, 0) is 9.53 Å². The van der Waals surface area contributed by atoms with Crippen molar-refractivity contribution in [3.63, 3.8) is 0 Å². The molecule has 0 amide bonds. The number of nitrogens with zero attached hydrogens (tertiary/aromatic N) is 1. The van der Waals surface area contributed by atoms with Crippen molar-refractivity contribution in [2.75, 3.05) is 12.4 Å². The third kappa shape index (κ3) is 3.60.